The first kappa shape index (κ1) is 26.2. The van der Waals surface area contributed by atoms with Crippen LogP contribution < -0.4 is 10.1 Å². The molecule has 0 radical (unpaired) electrons. The summed E-state index contributed by atoms with van der Waals surface area (Å²) >= 11 is 0. The highest BCUT2D eigenvalue weighted by Gasteiger charge is 2.20. The number of anilines is 1. The maximum Gasteiger partial charge on any atom is 0.339 e. The molecule has 0 aliphatic carbocycles. The lowest BCUT2D eigenvalue weighted by Crippen LogP contribution is -2.13. The van der Waals surface area contributed by atoms with Crippen LogP contribution in [0.2, 0.25) is 0 Å². The monoisotopic (exact) mass is 542 g/mol. The lowest BCUT2D eigenvalue weighted by Gasteiger charge is -2.13. The summed E-state index contributed by atoms with van der Waals surface area (Å²) in [6.07, 6.45) is 3.93. The van der Waals surface area contributed by atoms with Gasteiger partial charge in [-0.2, -0.15) is 0 Å². The maximum absolute atomic E-state index is 15.0. The van der Waals surface area contributed by atoms with Gasteiger partial charge in [-0.3, -0.25) is 14.8 Å². The first-order valence-corrected chi connectivity index (χ1v) is 11.8. The number of benzene rings is 2. The first-order valence-electron chi connectivity index (χ1n) is 11.8. The normalized spacial score (nSPS) is 10.8. The van der Waals surface area contributed by atoms with E-state index in [4.69, 9.17) is 4.74 Å². The zero-order valence-corrected chi connectivity index (χ0v) is 21.1. The summed E-state index contributed by atoms with van der Waals surface area (Å²) in [5, 5.41) is 13.4. The number of esters is 1. The topological polar surface area (TPSA) is 124 Å². The van der Waals surface area contributed by atoms with Crippen LogP contribution in [0, 0.1) is 18.6 Å². The van der Waals surface area contributed by atoms with Gasteiger partial charge in [-0.1, -0.05) is 12.1 Å². The summed E-state index contributed by atoms with van der Waals surface area (Å²) in [6.45, 7) is 1.65. The van der Waals surface area contributed by atoms with Crippen LogP contribution in [0.5, 0.6) is 17.2 Å². The molecule has 3 heterocycles. The van der Waals surface area contributed by atoms with Crippen molar-refractivity contribution in [3.8, 4) is 28.4 Å². The number of halogens is 2. The number of amides is 1. The Balaban J connectivity index is 1.37. The molecule has 200 valence electrons. The highest BCUT2D eigenvalue weighted by atomic mass is 19.1. The Morgan fingerprint density at radius 1 is 0.925 bits per heavy atom. The number of aromatic hydroxyl groups is 1. The fraction of sp³-hybridized carbons (Fsp3) is 0.0690. The number of carbonyl (C=O) groups excluding carboxylic acids is 2. The van der Waals surface area contributed by atoms with Crippen molar-refractivity contribution < 1.29 is 33.0 Å². The molecule has 0 saturated heterocycles. The Labute approximate surface area is 226 Å². The van der Waals surface area contributed by atoms with E-state index in [0.29, 0.717) is 22.3 Å². The van der Waals surface area contributed by atoms with Gasteiger partial charge in [0.05, 0.1) is 18.2 Å². The zero-order chi connectivity index (χ0) is 28.4. The molecule has 5 rings (SSSR count). The Hall–Kier alpha value is -5.45. The second-order valence-corrected chi connectivity index (χ2v) is 8.58. The van der Waals surface area contributed by atoms with Gasteiger partial charge >= 0.3 is 5.97 Å². The number of hydrogen-bond acceptors (Lipinski definition) is 8. The Morgan fingerprint density at radius 2 is 1.70 bits per heavy atom. The van der Waals surface area contributed by atoms with E-state index >= 15 is 0 Å². The van der Waals surface area contributed by atoms with Gasteiger partial charge in [-0.25, -0.2) is 18.6 Å². The lowest BCUT2D eigenvalue weighted by molar-refractivity contribution is 0.0600. The third kappa shape index (κ3) is 5.12. The van der Waals surface area contributed by atoms with E-state index in [9.17, 15) is 23.5 Å². The minimum atomic E-state index is -0.785. The standard InChI is InChI=1S/C29H20F2N4O5/c1-15-25(16-3-5-18(30)6-4-16)27(36)20(14-33-15)28(37)35-19-7-8-23(21(31)12-19)40-24-9-10-32-22-11-17(29(38)39-2)13-34-26(22)24/h3-14H,1-2H3,(H,33,36)(H,35,37). The van der Waals surface area contributed by atoms with Crippen molar-refractivity contribution in [3.05, 3.63) is 102 Å². The zero-order valence-electron chi connectivity index (χ0n) is 21.1. The van der Waals surface area contributed by atoms with Crippen LogP contribution in [-0.4, -0.2) is 39.0 Å². The van der Waals surface area contributed by atoms with Gasteiger partial charge in [-0.15, -0.1) is 0 Å². The SMILES string of the molecule is COC(=O)c1cnc2c(Oc3ccc(NC(=O)c4cnc(C)c(-c5ccc(F)cc5)c4O)cc3F)ccnc2c1. The Morgan fingerprint density at radius 3 is 2.42 bits per heavy atom. The van der Waals surface area contributed by atoms with E-state index < -0.39 is 23.5 Å². The molecule has 0 bridgehead atoms. The summed E-state index contributed by atoms with van der Waals surface area (Å²) in [5.74, 6) is -2.83. The predicted molar refractivity (Wildman–Crippen MR) is 141 cm³/mol. The number of aryl methyl sites for hydroxylation is 1. The average molecular weight is 542 g/mol. The van der Waals surface area contributed by atoms with E-state index in [2.05, 4.69) is 25.0 Å². The number of pyridine rings is 3. The number of fused-ring (bicyclic) bond motifs is 1. The van der Waals surface area contributed by atoms with Crippen LogP contribution in [0.15, 0.2) is 73.2 Å². The summed E-state index contributed by atoms with van der Waals surface area (Å²) in [6, 6.07) is 12.2. The molecule has 0 fully saturated rings. The number of aromatic nitrogens is 3. The van der Waals surface area contributed by atoms with E-state index in [1.54, 1.807) is 6.92 Å². The van der Waals surface area contributed by atoms with Gasteiger partial charge < -0.3 is 19.9 Å². The van der Waals surface area contributed by atoms with Crippen molar-refractivity contribution in [1.29, 1.82) is 0 Å². The Bertz CT molecular complexity index is 1780. The van der Waals surface area contributed by atoms with Gasteiger partial charge in [0.25, 0.3) is 5.91 Å². The molecule has 0 unspecified atom stereocenters. The molecule has 2 N–H and O–H groups in total. The van der Waals surface area contributed by atoms with Gasteiger partial charge in [0.2, 0.25) is 0 Å². The second-order valence-electron chi connectivity index (χ2n) is 8.58. The number of rotatable bonds is 6. The van der Waals surface area contributed by atoms with Crippen molar-refractivity contribution in [1.82, 2.24) is 15.0 Å². The number of carbonyl (C=O) groups is 2. The third-order valence-electron chi connectivity index (χ3n) is 5.99. The molecule has 11 heteroatoms. The minimum Gasteiger partial charge on any atom is -0.506 e. The molecule has 0 spiro atoms. The van der Waals surface area contributed by atoms with Crippen LogP contribution in [0.4, 0.5) is 14.5 Å². The summed E-state index contributed by atoms with van der Waals surface area (Å²) < 4.78 is 38.7. The van der Waals surface area contributed by atoms with Gasteiger partial charge in [0.15, 0.2) is 17.3 Å². The fourth-order valence-electron chi connectivity index (χ4n) is 4.02. The van der Waals surface area contributed by atoms with Crippen LogP contribution in [0.3, 0.4) is 0 Å². The molecular formula is C29H20F2N4O5. The van der Waals surface area contributed by atoms with Crippen LogP contribution in [0.25, 0.3) is 22.2 Å². The van der Waals surface area contributed by atoms with Crippen molar-refractivity contribution in [2.45, 2.75) is 6.92 Å². The molecule has 40 heavy (non-hydrogen) atoms. The highest BCUT2D eigenvalue weighted by molar-refractivity contribution is 6.07. The molecule has 0 atom stereocenters. The highest BCUT2D eigenvalue weighted by Crippen LogP contribution is 2.35. The lowest BCUT2D eigenvalue weighted by atomic mass is 10.0. The van der Waals surface area contributed by atoms with Crippen molar-refractivity contribution in [3.63, 3.8) is 0 Å². The number of nitrogens with zero attached hydrogens (tertiary/aromatic N) is 3. The van der Waals surface area contributed by atoms with Crippen LogP contribution in [0.1, 0.15) is 26.4 Å². The van der Waals surface area contributed by atoms with Crippen molar-refractivity contribution >= 4 is 28.6 Å². The van der Waals surface area contributed by atoms with E-state index in [1.807, 2.05) is 0 Å². The van der Waals surface area contributed by atoms with Crippen LogP contribution in [-0.2, 0) is 4.74 Å². The average Bonchev–Trinajstić information content (AvgIpc) is 2.95. The van der Waals surface area contributed by atoms with Gasteiger partial charge in [0, 0.05) is 47.7 Å². The summed E-state index contributed by atoms with van der Waals surface area (Å²) in [7, 11) is 1.25. The molecular weight excluding hydrogens is 522 g/mol. The first-order chi connectivity index (χ1) is 19.2. The third-order valence-corrected chi connectivity index (χ3v) is 5.99. The molecule has 9 nitrogen and oxygen atoms in total. The van der Waals surface area contributed by atoms with Gasteiger partial charge in [0.1, 0.15) is 22.6 Å². The molecule has 2 aromatic carbocycles. The molecule has 1 amide bonds. The minimum absolute atomic E-state index is 0.0959. The predicted octanol–water partition coefficient (Wildman–Crippen LogP) is 5.82. The number of nitrogens with one attached hydrogen (secondary N) is 1. The summed E-state index contributed by atoms with van der Waals surface area (Å²) in [5.41, 5.74) is 1.98. The molecule has 0 aliphatic heterocycles. The second kappa shape index (κ2) is 10.7. The molecule has 0 saturated carbocycles. The van der Waals surface area contributed by atoms with Crippen LogP contribution >= 0.6 is 0 Å². The van der Waals surface area contributed by atoms with Gasteiger partial charge in [-0.05, 0) is 42.8 Å². The van der Waals surface area contributed by atoms with Crippen molar-refractivity contribution in [2.75, 3.05) is 12.4 Å². The Kier molecular flexibility index (Phi) is 7.02. The fourth-order valence-corrected chi connectivity index (χ4v) is 4.02. The smallest absolute Gasteiger partial charge is 0.339 e. The van der Waals surface area contributed by atoms with E-state index in [-0.39, 0.29) is 39.6 Å². The number of hydrogen-bond donors (Lipinski definition) is 2. The van der Waals surface area contributed by atoms with E-state index in [1.165, 1.54) is 74.2 Å². The number of methoxy groups -OCH3 is 1. The number of ether oxygens (including phenoxy) is 2. The maximum atomic E-state index is 15.0. The molecule has 0 aliphatic rings. The molecule has 5 aromatic rings. The summed E-state index contributed by atoms with van der Waals surface area (Å²) in [4.78, 5) is 37.3. The van der Waals surface area contributed by atoms with E-state index in [0.717, 1.165) is 6.07 Å². The quantitative estimate of drug-likeness (QED) is 0.258. The van der Waals surface area contributed by atoms with Crippen molar-refractivity contribution in [2.24, 2.45) is 0 Å². The molecule has 3 aromatic heterocycles. The largest absolute Gasteiger partial charge is 0.506 e.